The third kappa shape index (κ3) is 2.35. The average molecular weight is 322 g/mol. The monoisotopic (exact) mass is 322 g/mol. The number of fused-ring (bicyclic) bond motifs is 2. The van der Waals surface area contributed by atoms with E-state index in [1.165, 1.54) is 0 Å². The summed E-state index contributed by atoms with van der Waals surface area (Å²) in [6.07, 6.45) is 0. The molecule has 0 radical (unpaired) electrons. The summed E-state index contributed by atoms with van der Waals surface area (Å²) in [4.78, 5) is 25.1. The van der Waals surface area contributed by atoms with E-state index in [1.807, 2.05) is 24.3 Å². The molecule has 0 aromatic rings. The maximum absolute atomic E-state index is 12.2. The zero-order chi connectivity index (χ0) is 15.8. The third-order valence-corrected chi connectivity index (χ3v) is 4.65. The molecule has 4 rings (SSSR count). The second-order valence-corrected chi connectivity index (χ2v) is 5.94. The van der Waals surface area contributed by atoms with Crippen molar-refractivity contribution in [3.05, 3.63) is 81.5 Å². The first-order chi connectivity index (χ1) is 11.2. The van der Waals surface area contributed by atoms with Crippen molar-refractivity contribution in [2.75, 3.05) is 0 Å². The highest BCUT2D eigenvalue weighted by molar-refractivity contribution is 7.99. The quantitative estimate of drug-likeness (QED) is 0.559. The highest BCUT2D eigenvalue weighted by Gasteiger charge is 2.23. The number of hydrogen-bond donors (Lipinski definition) is 0. The van der Waals surface area contributed by atoms with Crippen LogP contribution in [0.1, 0.15) is 0 Å². The SMILES string of the molecule is O=c1oc2cccccc-2c1Sc1c2cccccc-2oc1=O. The molecule has 0 atom stereocenters. The van der Waals surface area contributed by atoms with Crippen LogP contribution in [0.4, 0.5) is 0 Å². The van der Waals surface area contributed by atoms with Crippen LogP contribution in [0.15, 0.2) is 88.9 Å². The summed E-state index contributed by atoms with van der Waals surface area (Å²) in [6, 6.07) is 18.0. The van der Waals surface area contributed by atoms with E-state index in [0.29, 0.717) is 32.4 Å². The van der Waals surface area contributed by atoms with E-state index >= 15 is 0 Å². The summed E-state index contributed by atoms with van der Waals surface area (Å²) < 4.78 is 10.5. The Morgan fingerprint density at radius 2 is 1.04 bits per heavy atom. The number of hydrogen-bond acceptors (Lipinski definition) is 5. The third-order valence-electron chi connectivity index (χ3n) is 3.47. The van der Waals surface area contributed by atoms with E-state index < -0.39 is 11.3 Å². The van der Waals surface area contributed by atoms with E-state index in [4.69, 9.17) is 8.83 Å². The molecule has 112 valence electrons. The Hall–Kier alpha value is -2.79. The summed E-state index contributed by atoms with van der Waals surface area (Å²) in [5, 5.41) is 0. The maximum atomic E-state index is 12.2. The summed E-state index contributed by atoms with van der Waals surface area (Å²) in [5.74, 6) is 0.988. The van der Waals surface area contributed by atoms with Gasteiger partial charge in [0.05, 0.1) is 0 Å². The molecular weight excluding hydrogens is 312 g/mol. The van der Waals surface area contributed by atoms with Crippen LogP contribution in [-0.4, -0.2) is 0 Å². The van der Waals surface area contributed by atoms with Crippen molar-refractivity contribution in [3.63, 3.8) is 0 Å². The summed E-state index contributed by atoms with van der Waals surface area (Å²) in [6.45, 7) is 0. The lowest BCUT2D eigenvalue weighted by Crippen LogP contribution is -1.99. The molecule has 0 N–H and O–H groups in total. The van der Waals surface area contributed by atoms with Crippen LogP contribution in [0.2, 0.25) is 0 Å². The zero-order valence-corrected chi connectivity index (χ0v) is 12.6. The molecule has 4 aliphatic rings. The summed E-state index contributed by atoms with van der Waals surface area (Å²) in [7, 11) is 0. The van der Waals surface area contributed by atoms with E-state index in [2.05, 4.69) is 0 Å². The van der Waals surface area contributed by atoms with Crippen molar-refractivity contribution in [1.82, 2.24) is 0 Å². The Labute approximate surface area is 135 Å². The van der Waals surface area contributed by atoms with Gasteiger partial charge in [-0.3, -0.25) is 0 Å². The van der Waals surface area contributed by atoms with Crippen LogP contribution >= 0.6 is 11.8 Å². The second-order valence-electron chi connectivity index (χ2n) is 4.92. The highest BCUT2D eigenvalue weighted by atomic mass is 32.2. The minimum absolute atomic E-state index is 0.391. The van der Waals surface area contributed by atoms with Crippen molar-refractivity contribution in [2.45, 2.75) is 9.79 Å². The molecule has 0 aromatic heterocycles. The molecule has 0 bridgehead atoms. The normalized spacial score (nSPS) is 11.1. The highest BCUT2D eigenvalue weighted by Crippen LogP contribution is 2.38. The van der Waals surface area contributed by atoms with Gasteiger partial charge >= 0.3 is 11.3 Å². The van der Waals surface area contributed by atoms with Gasteiger partial charge < -0.3 is 8.83 Å². The fraction of sp³-hybridized carbons (Fsp3) is 0. The lowest BCUT2D eigenvalue weighted by molar-refractivity contribution is 0.535. The van der Waals surface area contributed by atoms with Crippen LogP contribution in [0.25, 0.3) is 22.6 Å². The first-order valence-corrected chi connectivity index (χ1v) is 7.77. The van der Waals surface area contributed by atoms with Crippen LogP contribution in [0.3, 0.4) is 0 Å². The second kappa shape index (κ2) is 5.44. The van der Waals surface area contributed by atoms with E-state index in [-0.39, 0.29) is 0 Å². The number of rotatable bonds is 2. The Bertz CT molecular complexity index is 962. The molecule has 23 heavy (non-hydrogen) atoms. The van der Waals surface area contributed by atoms with Crippen LogP contribution < -0.4 is 11.3 Å². The molecule has 0 unspecified atom stereocenters. The Kier molecular flexibility index (Phi) is 3.28. The molecule has 2 heterocycles. The minimum atomic E-state index is -0.453. The predicted molar refractivity (Wildman–Crippen MR) is 87.3 cm³/mol. The summed E-state index contributed by atoms with van der Waals surface area (Å²) in [5.41, 5.74) is 0.452. The lowest BCUT2D eigenvalue weighted by Gasteiger charge is -1.96. The van der Waals surface area contributed by atoms with Gasteiger partial charge in [-0.25, -0.2) is 9.59 Å². The van der Waals surface area contributed by atoms with Crippen molar-refractivity contribution in [2.24, 2.45) is 0 Å². The van der Waals surface area contributed by atoms with Gasteiger partial charge in [-0.1, -0.05) is 48.2 Å². The van der Waals surface area contributed by atoms with Crippen molar-refractivity contribution < 1.29 is 8.83 Å². The fourth-order valence-corrected chi connectivity index (χ4v) is 3.43. The molecule has 0 spiro atoms. The van der Waals surface area contributed by atoms with Gasteiger partial charge in [-0.15, -0.1) is 0 Å². The first-order valence-electron chi connectivity index (χ1n) is 6.95. The van der Waals surface area contributed by atoms with Gasteiger partial charge in [-0.05, 0) is 24.3 Å². The van der Waals surface area contributed by atoms with Crippen molar-refractivity contribution >= 4 is 11.8 Å². The number of furan rings is 2. The van der Waals surface area contributed by atoms with Gasteiger partial charge in [0.1, 0.15) is 21.3 Å². The van der Waals surface area contributed by atoms with Gasteiger partial charge in [-0.2, -0.15) is 0 Å². The molecule has 0 aromatic carbocycles. The minimum Gasteiger partial charge on any atom is -0.422 e. The van der Waals surface area contributed by atoms with E-state index in [9.17, 15) is 9.59 Å². The molecule has 0 saturated heterocycles. The fourth-order valence-electron chi connectivity index (χ4n) is 2.42. The maximum Gasteiger partial charge on any atom is 0.351 e. The molecule has 4 nitrogen and oxygen atoms in total. The Morgan fingerprint density at radius 1 is 0.609 bits per heavy atom. The van der Waals surface area contributed by atoms with Crippen molar-refractivity contribution in [1.29, 1.82) is 0 Å². The largest absolute Gasteiger partial charge is 0.422 e. The van der Waals surface area contributed by atoms with E-state index in [1.54, 1.807) is 36.4 Å². The zero-order valence-electron chi connectivity index (χ0n) is 11.8. The standard InChI is InChI=1S/C18H10O4S/c19-17-15(11-7-3-1-5-9-13(11)21-17)23-16-12-8-4-2-6-10-14(12)22-18(16)20/h1-10H. The van der Waals surface area contributed by atoms with Crippen LogP contribution in [0.5, 0.6) is 0 Å². The predicted octanol–water partition coefficient (Wildman–Crippen LogP) is 3.95. The Morgan fingerprint density at radius 3 is 1.52 bits per heavy atom. The first kappa shape index (κ1) is 13.8. The molecule has 5 heteroatoms. The summed E-state index contributed by atoms with van der Waals surface area (Å²) >= 11 is 1.09. The van der Waals surface area contributed by atoms with Gasteiger partial charge in [0.15, 0.2) is 0 Å². The Balaban J connectivity index is 1.89. The molecule has 2 aliphatic carbocycles. The molecule has 0 saturated carbocycles. The molecular formula is C18H10O4S. The molecule has 0 fully saturated rings. The lowest BCUT2D eigenvalue weighted by atomic mass is 10.2. The topological polar surface area (TPSA) is 60.4 Å². The van der Waals surface area contributed by atoms with Crippen molar-refractivity contribution in [3.8, 4) is 22.6 Å². The van der Waals surface area contributed by atoms with Gasteiger partial charge in [0, 0.05) is 11.1 Å². The molecule has 0 amide bonds. The average Bonchev–Trinajstić information content (AvgIpc) is 2.81. The van der Waals surface area contributed by atoms with Crippen LogP contribution in [-0.2, 0) is 0 Å². The molecule has 2 aliphatic heterocycles. The van der Waals surface area contributed by atoms with Gasteiger partial charge in [0.2, 0.25) is 0 Å². The smallest absolute Gasteiger partial charge is 0.351 e. The van der Waals surface area contributed by atoms with E-state index in [0.717, 1.165) is 11.8 Å². The van der Waals surface area contributed by atoms with Gasteiger partial charge in [0.25, 0.3) is 0 Å². The van der Waals surface area contributed by atoms with Crippen LogP contribution in [0, 0.1) is 0 Å².